The van der Waals surface area contributed by atoms with Gasteiger partial charge >= 0.3 is 5.97 Å². The van der Waals surface area contributed by atoms with Crippen LogP contribution in [0.3, 0.4) is 0 Å². The van der Waals surface area contributed by atoms with Crippen LogP contribution in [0.4, 0.5) is 0 Å². The second-order valence-corrected chi connectivity index (χ2v) is 19.1. The summed E-state index contributed by atoms with van der Waals surface area (Å²) in [5.74, 6) is 0.181. The Bertz CT molecular complexity index is 1380. The summed E-state index contributed by atoms with van der Waals surface area (Å²) >= 11 is 0. The van der Waals surface area contributed by atoms with Crippen LogP contribution in [0.25, 0.3) is 0 Å². The van der Waals surface area contributed by atoms with Crippen LogP contribution in [0.2, 0.25) is 0 Å². The predicted molar refractivity (Wildman–Crippen MR) is 187 cm³/mol. The summed E-state index contributed by atoms with van der Waals surface area (Å²) in [6.45, 7) is 16.8. The highest BCUT2D eigenvalue weighted by molar-refractivity contribution is 5.76. The molecule has 7 N–H and O–H groups in total. The van der Waals surface area contributed by atoms with E-state index in [-0.39, 0.29) is 40.6 Å². The molecule has 0 spiro atoms. The topological polar surface area (TPSA) is 196 Å². The Hall–Kier alpha value is -1.19. The molecule has 0 radical (unpaired) electrons. The second-order valence-electron chi connectivity index (χ2n) is 19.1. The number of aliphatic hydroxyl groups is 6. The summed E-state index contributed by atoms with van der Waals surface area (Å²) < 4.78 is 23.6. The van der Waals surface area contributed by atoms with Gasteiger partial charge in [-0.05, 0) is 131 Å². The zero-order valence-corrected chi connectivity index (χ0v) is 31.8. The molecule has 0 aromatic rings. The minimum Gasteiger partial charge on any atom is -0.481 e. The molecule has 7 rings (SSSR count). The van der Waals surface area contributed by atoms with Gasteiger partial charge in [-0.1, -0.05) is 32.9 Å². The zero-order valence-electron chi connectivity index (χ0n) is 31.8. The lowest BCUT2D eigenvalue weighted by Gasteiger charge is -2.72. The highest BCUT2D eigenvalue weighted by Crippen LogP contribution is 2.77. The van der Waals surface area contributed by atoms with E-state index in [1.165, 1.54) is 6.92 Å². The van der Waals surface area contributed by atoms with E-state index in [0.717, 1.165) is 56.9 Å². The fourth-order valence-electron chi connectivity index (χ4n) is 13.9. The summed E-state index contributed by atoms with van der Waals surface area (Å²) in [5, 5.41) is 76.4. The molecule has 0 unspecified atom stereocenters. The Morgan fingerprint density at radius 3 is 2.17 bits per heavy atom. The van der Waals surface area contributed by atoms with E-state index in [4.69, 9.17) is 18.9 Å². The van der Waals surface area contributed by atoms with Crippen molar-refractivity contribution in [3.63, 3.8) is 0 Å². The largest absolute Gasteiger partial charge is 0.481 e. The van der Waals surface area contributed by atoms with Gasteiger partial charge in [0.2, 0.25) is 0 Å². The van der Waals surface area contributed by atoms with Crippen molar-refractivity contribution in [1.82, 2.24) is 0 Å². The van der Waals surface area contributed by atoms with Crippen LogP contribution in [-0.2, 0) is 23.7 Å². The fraction of sp³-hybridized carbons (Fsp3) is 0.925. The molecule has 296 valence electrons. The van der Waals surface area contributed by atoms with Gasteiger partial charge in [0.25, 0.3) is 0 Å². The molecule has 0 amide bonds. The lowest BCUT2D eigenvalue weighted by molar-refractivity contribution is -0.353. The first-order valence-corrected chi connectivity index (χ1v) is 19.8. The highest BCUT2D eigenvalue weighted by atomic mass is 16.7. The molecule has 5 aliphatic carbocycles. The van der Waals surface area contributed by atoms with Gasteiger partial charge in [0.1, 0.15) is 36.6 Å². The van der Waals surface area contributed by atoms with Crippen LogP contribution < -0.4 is 0 Å². The molecule has 12 nitrogen and oxygen atoms in total. The summed E-state index contributed by atoms with van der Waals surface area (Å²) in [6.07, 6.45) is -4.77. The third-order valence-corrected chi connectivity index (χ3v) is 16.9. The van der Waals surface area contributed by atoms with Crippen LogP contribution in [0.5, 0.6) is 0 Å². The molecule has 7 aliphatic rings. The van der Waals surface area contributed by atoms with Gasteiger partial charge in [0, 0.05) is 0 Å². The first-order chi connectivity index (χ1) is 24.2. The van der Waals surface area contributed by atoms with Crippen molar-refractivity contribution in [3.8, 4) is 0 Å². The first kappa shape index (κ1) is 39.1. The van der Waals surface area contributed by atoms with Crippen molar-refractivity contribution in [2.45, 2.75) is 173 Å². The van der Waals surface area contributed by atoms with Gasteiger partial charge < -0.3 is 54.7 Å². The molecule has 52 heavy (non-hydrogen) atoms. The number of ether oxygens (including phenoxy) is 4. The number of carboxylic acids is 1. The van der Waals surface area contributed by atoms with Gasteiger partial charge in [-0.15, -0.1) is 0 Å². The number of carbonyl (C=O) groups is 1. The van der Waals surface area contributed by atoms with E-state index >= 15 is 0 Å². The smallest absolute Gasteiger partial charge is 0.309 e. The Labute approximate surface area is 307 Å². The molecule has 2 heterocycles. The van der Waals surface area contributed by atoms with Crippen LogP contribution in [0, 0.1) is 51.2 Å². The van der Waals surface area contributed by atoms with E-state index in [1.54, 1.807) is 0 Å². The molecule has 0 aromatic carbocycles. The molecule has 20 atom stereocenters. The summed E-state index contributed by atoms with van der Waals surface area (Å²) in [6, 6.07) is 0. The van der Waals surface area contributed by atoms with Crippen molar-refractivity contribution in [2.75, 3.05) is 6.61 Å². The molecular weight excluding hydrogens is 672 g/mol. The Morgan fingerprint density at radius 1 is 0.788 bits per heavy atom. The standard InChI is InChI=1S/C40H64O12/c1-19(2)21-10-15-40(35(46)47)17-16-37(5)22(27(21)40)8-9-24-36(4)13-12-26(39(7,48)25(36)11-14-38(24,37)6)51-34-32(29(43)23(41)18-49-34)52-31-28(42)20(3)50-33(45)30(31)44/h20-34,41-45,48H,1,8-18H2,2-7H3,(H,46,47)/t20-,21+,22-,23+,24-,25-,26+,27-,28+,29+,30-,31-,32-,33-,34+,36-,37-,38-,39+,40+/m1/s1. The molecule has 7 fully saturated rings. The van der Waals surface area contributed by atoms with Crippen LogP contribution in [0.1, 0.15) is 106 Å². The van der Waals surface area contributed by atoms with Crippen LogP contribution >= 0.6 is 0 Å². The van der Waals surface area contributed by atoms with Gasteiger partial charge in [-0.3, -0.25) is 4.79 Å². The van der Waals surface area contributed by atoms with Crippen molar-refractivity contribution in [3.05, 3.63) is 12.2 Å². The number of fused-ring (bicyclic) bond motifs is 7. The molecule has 12 heteroatoms. The maximum absolute atomic E-state index is 13.0. The third kappa shape index (κ3) is 5.47. The minimum atomic E-state index is -1.63. The van der Waals surface area contributed by atoms with Gasteiger partial charge in [-0.25, -0.2) is 0 Å². The average molecular weight is 737 g/mol. The quantitative estimate of drug-likeness (QED) is 0.156. The molecule has 0 bridgehead atoms. The van der Waals surface area contributed by atoms with Crippen molar-refractivity contribution >= 4 is 5.97 Å². The van der Waals surface area contributed by atoms with Crippen LogP contribution in [0.15, 0.2) is 12.2 Å². The monoisotopic (exact) mass is 736 g/mol. The molecule has 2 saturated heterocycles. The second kappa shape index (κ2) is 13.2. The number of aliphatic hydroxyl groups excluding tert-OH is 5. The zero-order chi connectivity index (χ0) is 37.9. The first-order valence-electron chi connectivity index (χ1n) is 19.8. The van der Waals surface area contributed by atoms with Gasteiger partial charge in [0.15, 0.2) is 12.6 Å². The summed E-state index contributed by atoms with van der Waals surface area (Å²) in [5.41, 5.74) is -1.16. The SMILES string of the molecule is C=C(C)[C@@H]1CC[C@]2(C(=O)O)CC[C@]3(C)[C@H](CC[C@@H]4[C@@]5(C)CC[C@H](O[C@@H]6OC[C@H](O)[C@H](O)[C@H]6O[C@H]6[C@@H](O)[C@H](O)O[C@H](C)[C@@H]6O)[C@@](C)(O)[C@@H]5CC[C@]43C)[C@@H]12. The van der Waals surface area contributed by atoms with Crippen molar-refractivity contribution in [2.24, 2.45) is 51.2 Å². The van der Waals surface area contributed by atoms with Crippen LogP contribution in [-0.4, -0.2) is 115 Å². The fourth-order valence-corrected chi connectivity index (χ4v) is 13.9. The van der Waals surface area contributed by atoms with E-state index in [2.05, 4.69) is 34.3 Å². The van der Waals surface area contributed by atoms with E-state index in [0.29, 0.717) is 24.7 Å². The highest BCUT2D eigenvalue weighted by Gasteiger charge is 2.72. The third-order valence-electron chi connectivity index (χ3n) is 16.9. The number of carboxylic acid groups (broad SMARTS) is 1. The van der Waals surface area contributed by atoms with E-state index in [1.807, 2.05) is 6.92 Å². The number of aliphatic carboxylic acids is 1. The van der Waals surface area contributed by atoms with Crippen molar-refractivity contribution < 1.29 is 59.5 Å². The number of hydrogen-bond acceptors (Lipinski definition) is 11. The lowest BCUT2D eigenvalue weighted by atomic mass is 9.33. The lowest BCUT2D eigenvalue weighted by Crippen LogP contribution is -2.69. The average Bonchev–Trinajstić information content (AvgIpc) is 3.48. The summed E-state index contributed by atoms with van der Waals surface area (Å²) in [4.78, 5) is 13.0. The molecule has 5 saturated carbocycles. The Morgan fingerprint density at radius 2 is 1.50 bits per heavy atom. The maximum Gasteiger partial charge on any atom is 0.309 e. The van der Waals surface area contributed by atoms with Gasteiger partial charge in [-0.2, -0.15) is 0 Å². The van der Waals surface area contributed by atoms with E-state index in [9.17, 15) is 40.5 Å². The molecular formula is C40H64O12. The number of rotatable bonds is 6. The summed E-state index contributed by atoms with van der Waals surface area (Å²) in [7, 11) is 0. The molecule has 0 aromatic heterocycles. The Balaban J connectivity index is 1.12. The molecule has 2 aliphatic heterocycles. The number of hydrogen-bond donors (Lipinski definition) is 7. The number of allylic oxidation sites excluding steroid dienone is 1. The Kier molecular flexibility index (Phi) is 9.92. The normalized spacial score (nSPS) is 57.6. The minimum absolute atomic E-state index is 0.0451. The maximum atomic E-state index is 13.0. The van der Waals surface area contributed by atoms with E-state index < -0.39 is 78.4 Å². The predicted octanol–water partition coefficient (Wildman–Crippen LogP) is 3.13. The van der Waals surface area contributed by atoms with Crippen molar-refractivity contribution in [1.29, 1.82) is 0 Å². The van der Waals surface area contributed by atoms with Gasteiger partial charge in [0.05, 0.1) is 29.8 Å².